The van der Waals surface area contributed by atoms with Gasteiger partial charge in [0, 0.05) is 39.2 Å². The number of carbonyl (C=O) groups excluding carboxylic acids is 5. The van der Waals surface area contributed by atoms with Gasteiger partial charge in [-0.05, 0) is 13.0 Å². The lowest BCUT2D eigenvalue weighted by atomic mass is 9.92. The summed E-state index contributed by atoms with van der Waals surface area (Å²) in [6.45, 7) is 3.50. The highest BCUT2D eigenvalue weighted by atomic mass is 31.2. The second-order valence-electron chi connectivity index (χ2n) is 9.01. The van der Waals surface area contributed by atoms with E-state index in [-0.39, 0.29) is 24.6 Å². The SMILES string of the molecule is CC(=O)CCC(=O)N[C@]1(O)[C@H](OP2(=O)OCc3ccccc3O2)O[C@H](COC(C)=O)[C@@H](OC(C)=O)[C@@H]1OC(C)=O. The van der Waals surface area contributed by atoms with Gasteiger partial charge in [-0.2, -0.15) is 0 Å². The molecule has 0 radical (unpaired) electrons. The van der Waals surface area contributed by atoms with Crippen molar-refractivity contribution in [2.45, 2.75) is 77.5 Å². The van der Waals surface area contributed by atoms with E-state index in [4.69, 9.17) is 32.5 Å². The number of amides is 1. The van der Waals surface area contributed by atoms with Crippen molar-refractivity contribution < 1.29 is 66.2 Å². The van der Waals surface area contributed by atoms with Crippen molar-refractivity contribution in [2.75, 3.05) is 6.61 Å². The number of ether oxygens (including phenoxy) is 4. The van der Waals surface area contributed by atoms with E-state index >= 15 is 0 Å². The number of phosphoric acid groups is 1. The Kier molecular flexibility index (Phi) is 10.0. The van der Waals surface area contributed by atoms with Crippen LogP contribution >= 0.6 is 7.82 Å². The Hall–Kier alpha value is -3.36. The van der Waals surface area contributed by atoms with Gasteiger partial charge in [0.1, 0.15) is 24.2 Å². The predicted octanol–water partition coefficient (Wildman–Crippen LogP) is 1.05. The molecule has 1 unspecified atom stereocenters. The molecular formula is C24H30NO14P. The minimum Gasteiger partial charge on any atom is -0.463 e. The van der Waals surface area contributed by atoms with Crippen LogP contribution in [0.3, 0.4) is 0 Å². The summed E-state index contributed by atoms with van der Waals surface area (Å²) in [4.78, 5) is 59.8. The summed E-state index contributed by atoms with van der Waals surface area (Å²) < 4.78 is 51.0. The molecule has 1 aromatic carbocycles. The molecule has 6 atom stereocenters. The number of para-hydroxylation sites is 1. The first-order chi connectivity index (χ1) is 18.7. The van der Waals surface area contributed by atoms with Gasteiger partial charge in [0.15, 0.2) is 12.2 Å². The minimum absolute atomic E-state index is 0.146. The van der Waals surface area contributed by atoms with Crippen molar-refractivity contribution >= 4 is 37.4 Å². The molecule has 0 aliphatic carbocycles. The van der Waals surface area contributed by atoms with Gasteiger partial charge in [-0.1, -0.05) is 18.2 Å². The number of benzene rings is 1. The first kappa shape index (κ1) is 31.2. The average Bonchev–Trinajstić information content (AvgIpc) is 2.85. The summed E-state index contributed by atoms with van der Waals surface area (Å²) in [7, 11) is -4.59. The molecule has 2 N–H and O–H groups in total. The van der Waals surface area contributed by atoms with Gasteiger partial charge >= 0.3 is 25.7 Å². The maximum Gasteiger partial charge on any atom is 0.532 e. The first-order valence-corrected chi connectivity index (χ1v) is 13.5. The molecule has 40 heavy (non-hydrogen) atoms. The second kappa shape index (κ2) is 12.9. The van der Waals surface area contributed by atoms with Crippen LogP contribution in [0.15, 0.2) is 24.3 Å². The van der Waals surface area contributed by atoms with Crippen LogP contribution < -0.4 is 9.84 Å². The number of fused-ring (bicyclic) bond motifs is 1. The third-order valence-electron chi connectivity index (χ3n) is 5.63. The largest absolute Gasteiger partial charge is 0.532 e. The van der Waals surface area contributed by atoms with Crippen molar-refractivity contribution in [2.24, 2.45) is 0 Å². The van der Waals surface area contributed by atoms with Crippen LogP contribution in [0, 0.1) is 0 Å². The summed E-state index contributed by atoms with van der Waals surface area (Å²) in [5.74, 6) is -3.78. The number of aliphatic hydroxyl groups is 1. The Morgan fingerprint density at radius 2 is 1.70 bits per heavy atom. The summed E-state index contributed by atoms with van der Waals surface area (Å²) >= 11 is 0. The number of ketones is 1. The van der Waals surface area contributed by atoms with E-state index in [0.29, 0.717) is 5.56 Å². The van der Waals surface area contributed by atoms with E-state index in [1.807, 2.05) is 0 Å². The monoisotopic (exact) mass is 587 g/mol. The van der Waals surface area contributed by atoms with Crippen LogP contribution in [-0.2, 0) is 63.1 Å². The Bertz CT molecular complexity index is 1200. The van der Waals surface area contributed by atoms with E-state index < -0.39 is 75.0 Å². The van der Waals surface area contributed by atoms with E-state index in [2.05, 4.69) is 5.32 Å². The van der Waals surface area contributed by atoms with E-state index in [9.17, 15) is 33.6 Å². The molecule has 1 aromatic rings. The lowest BCUT2D eigenvalue weighted by Gasteiger charge is -2.49. The van der Waals surface area contributed by atoms with Gasteiger partial charge in [-0.25, -0.2) is 9.09 Å². The molecule has 16 heteroatoms. The fraction of sp³-hybridized carbons (Fsp3) is 0.542. The maximum atomic E-state index is 13.5. The van der Waals surface area contributed by atoms with Gasteiger partial charge in [0.2, 0.25) is 17.9 Å². The summed E-state index contributed by atoms with van der Waals surface area (Å²) in [5, 5.41) is 14.0. The van der Waals surface area contributed by atoms with Crippen molar-refractivity contribution in [3.05, 3.63) is 29.8 Å². The lowest BCUT2D eigenvalue weighted by molar-refractivity contribution is -0.333. The molecular weight excluding hydrogens is 557 g/mol. The number of phosphoric ester groups is 1. The Balaban J connectivity index is 2.05. The Labute approximate surface area is 228 Å². The topological polar surface area (TPSA) is 199 Å². The summed E-state index contributed by atoms with van der Waals surface area (Å²) in [6.07, 6.45) is -7.91. The van der Waals surface area contributed by atoms with Crippen LogP contribution in [0.2, 0.25) is 0 Å². The molecule has 0 spiro atoms. The predicted molar refractivity (Wildman–Crippen MR) is 130 cm³/mol. The minimum atomic E-state index is -4.59. The molecule has 2 heterocycles. The van der Waals surface area contributed by atoms with Crippen LogP contribution in [-0.4, -0.2) is 71.6 Å². The summed E-state index contributed by atoms with van der Waals surface area (Å²) in [6, 6.07) is 6.44. The average molecular weight is 587 g/mol. The Morgan fingerprint density at radius 1 is 1.02 bits per heavy atom. The summed E-state index contributed by atoms with van der Waals surface area (Å²) in [5.41, 5.74) is -2.36. The normalized spacial score (nSPS) is 29.2. The highest BCUT2D eigenvalue weighted by molar-refractivity contribution is 7.49. The van der Waals surface area contributed by atoms with Gasteiger partial charge < -0.3 is 38.7 Å². The van der Waals surface area contributed by atoms with Crippen molar-refractivity contribution in [1.29, 1.82) is 0 Å². The van der Waals surface area contributed by atoms with Crippen LogP contribution in [0.1, 0.15) is 46.1 Å². The van der Waals surface area contributed by atoms with Crippen LogP contribution in [0.25, 0.3) is 0 Å². The smallest absolute Gasteiger partial charge is 0.463 e. The van der Waals surface area contributed by atoms with Crippen molar-refractivity contribution in [1.82, 2.24) is 5.32 Å². The molecule has 15 nitrogen and oxygen atoms in total. The molecule has 2 aliphatic rings. The maximum absolute atomic E-state index is 13.5. The zero-order valence-electron chi connectivity index (χ0n) is 22.1. The highest BCUT2D eigenvalue weighted by Crippen LogP contribution is 2.56. The molecule has 0 aromatic heterocycles. The standard InChI is InChI=1S/C24H30NO14P/c1-13(26)9-10-20(30)25-24(31)22(36-16(4)29)21(35-15(3)28)19(12-33-14(2)27)37-23(24)39-40(32)34-11-17-7-5-6-8-18(17)38-40/h5-8,19,21-23,31H,9-12H2,1-4H3,(H,25,30)/t19-,21-,22+,23+,24-,40?/m1/s1. The third-order valence-corrected chi connectivity index (χ3v) is 6.95. The van der Waals surface area contributed by atoms with E-state index in [1.165, 1.54) is 13.0 Å². The zero-order chi connectivity index (χ0) is 29.7. The van der Waals surface area contributed by atoms with Crippen LogP contribution in [0.4, 0.5) is 0 Å². The molecule has 2 aliphatic heterocycles. The molecule has 0 bridgehead atoms. The van der Waals surface area contributed by atoms with Gasteiger partial charge in [-0.3, -0.25) is 23.7 Å². The fourth-order valence-electron chi connectivity index (χ4n) is 3.91. The Morgan fingerprint density at radius 3 is 2.33 bits per heavy atom. The lowest BCUT2D eigenvalue weighted by Crippen LogP contribution is -2.75. The molecule has 1 amide bonds. The van der Waals surface area contributed by atoms with E-state index in [0.717, 1.165) is 20.8 Å². The number of hydrogen-bond acceptors (Lipinski definition) is 14. The third kappa shape index (κ3) is 7.86. The molecule has 1 saturated heterocycles. The zero-order valence-corrected chi connectivity index (χ0v) is 23.0. The molecule has 3 rings (SSSR count). The van der Waals surface area contributed by atoms with Gasteiger partial charge in [0.25, 0.3) is 0 Å². The number of rotatable bonds is 10. The molecule has 0 saturated carbocycles. The fourth-order valence-corrected chi connectivity index (χ4v) is 5.22. The van der Waals surface area contributed by atoms with Crippen LogP contribution in [0.5, 0.6) is 5.75 Å². The second-order valence-corrected chi connectivity index (χ2v) is 10.6. The quantitative estimate of drug-likeness (QED) is 0.170. The van der Waals surface area contributed by atoms with E-state index in [1.54, 1.807) is 18.2 Å². The van der Waals surface area contributed by atoms with Crippen molar-refractivity contribution in [3.8, 4) is 5.75 Å². The number of hydrogen-bond donors (Lipinski definition) is 2. The van der Waals surface area contributed by atoms with Crippen molar-refractivity contribution in [3.63, 3.8) is 0 Å². The van der Waals surface area contributed by atoms with Gasteiger partial charge in [-0.15, -0.1) is 0 Å². The highest BCUT2D eigenvalue weighted by Gasteiger charge is 2.63. The number of nitrogens with one attached hydrogen (secondary N) is 1. The molecule has 1 fully saturated rings. The number of Topliss-reactive ketones (excluding diaryl/α,β-unsaturated/α-hetero) is 1. The first-order valence-electron chi connectivity index (χ1n) is 12.1. The number of esters is 3. The molecule has 220 valence electrons. The van der Waals surface area contributed by atoms with Gasteiger partial charge in [0.05, 0.1) is 6.61 Å². The number of carbonyl (C=O) groups is 5.